The van der Waals surface area contributed by atoms with Gasteiger partial charge in [-0.2, -0.15) is 0 Å². The first-order valence-corrected chi connectivity index (χ1v) is 9.42. The predicted molar refractivity (Wildman–Crippen MR) is 96.7 cm³/mol. The summed E-state index contributed by atoms with van der Waals surface area (Å²) in [5.74, 6) is -1.03. The van der Waals surface area contributed by atoms with Gasteiger partial charge in [0.1, 0.15) is 0 Å². The fourth-order valence-corrected chi connectivity index (χ4v) is 3.50. The number of H-pyrrole nitrogens is 1. The number of benzene rings is 2. The first-order chi connectivity index (χ1) is 12.4. The first kappa shape index (κ1) is 17.7. The van der Waals surface area contributed by atoms with Crippen molar-refractivity contribution in [1.82, 2.24) is 10.3 Å². The number of nitrogens with one attached hydrogen (secondary N) is 3. The van der Waals surface area contributed by atoms with Gasteiger partial charge in [0.2, 0.25) is 0 Å². The Labute approximate surface area is 149 Å². The maximum Gasteiger partial charge on any atom is 0.417 e. The van der Waals surface area contributed by atoms with Crippen LogP contribution in [0.4, 0.5) is 5.69 Å². The number of hydrogen-bond acceptors (Lipinski definition) is 5. The number of hydrogen-bond donors (Lipinski definition) is 3. The van der Waals surface area contributed by atoms with Crippen molar-refractivity contribution in [3.8, 4) is 0 Å². The number of para-hydroxylation sites is 1. The highest BCUT2D eigenvalue weighted by atomic mass is 32.2. The smallest absolute Gasteiger partial charge is 0.408 e. The number of carbonyl (C=O) groups is 1. The molecule has 1 amide bonds. The second-order valence-electron chi connectivity index (χ2n) is 5.58. The molecule has 9 heteroatoms. The molecule has 3 rings (SSSR count). The van der Waals surface area contributed by atoms with Crippen LogP contribution in [0.15, 0.2) is 56.6 Å². The van der Waals surface area contributed by atoms with Gasteiger partial charge in [-0.25, -0.2) is 13.2 Å². The molecule has 2 aromatic carbocycles. The molecule has 0 fully saturated rings. The van der Waals surface area contributed by atoms with Gasteiger partial charge in [0.25, 0.3) is 15.9 Å². The van der Waals surface area contributed by atoms with E-state index in [-0.39, 0.29) is 27.6 Å². The fraction of sp³-hybridized carbons (Fsp3) is 0.176. The summed E-state index contributed by atoms with van der Waals surface area (Å²) in [6, 6.07) is 10.4. The van der Waals surface area contributed by atoms with E-state index < -0.39 is 15.8 Å². The van der Waals surface area contributed by atoms with Crippen LogP contribution in [0, 0.1) is 0 Å². The maximum atomic E-state index is 12.7. The second kappa shape index (κ2) is 7.04. The summed E-state index contributed by atoms with van der Waals surface area (Å²) in [5.41, 5.74) is 0.913. The molecule has 1 aromatic heterocycles. The van der Waals surface area contributed by atoms with Crippen LogP contribution in [-0.4, -0.2) is 25.9 Å². The maximum absolute atomic E-state index is 12.7. The molecule has 0 aliphatic rings. The Hall–Kier alpha value is -3.07. The molecule has 136 valence electrons. The van der Waals surface area contributed by atoms with E-state index in [9.17, 15) is 18.0 Å². The zero-order valence-electron chi connectivity index (χ0n) is 13.9. The van der Waals surface area contributed by atoms with E-state index in [0.717, 1.165) is 6.42 Å². The monoisotopic (exact) mass is 375 g/mol. The summed E-state index contributed by atoms with van der Waals surface area (Å²) in [6.45, 7) is 2.41. The van der Waals surface area contributed by atoms with Gasteiger partial charge in [-0.1, -0.05) is 19.1 Å². The lowest BCUT2D eigenvalue weighted by atomic mass is 10.1. The van der Waals surface area contributed by atoms with Gasteiger partial charge < -0.3 is 9.73 Å². The molecular weight excluding hydrogens is 358 g/mol. The van der Waals surface area contributed by atoms with Crippen molar-refractivity contribution in [3.63, 3.8) is 0 Å². The number of aromatic amines is 1. The minimum atomic E-state index is -3.98. The average molecular weight is 375 g/mol. The minimum Gasteiger partial charge on any atom is -0.408 e. The van der Waals surface area contributed by atoms with Crippen molar-refractivity contribution < 1.29 is 17.6 Å². The van der Waals surface area contributed by atoms with E-state index in [4.69, 9.17) is 4.42 Å². The average Bonchev–Trinajstić information content (AvgIpc) is 2.99. The molecule has 0 spiro atoms. The number of carbonyl (C=O) groups excluding carboxylic acids is 1. The van der Waals surface area contributed by atoms with Crippen LogP contribution in [-0.2, 0) is 10.0 Å². The van der Waals surface area contributed by atoms with Crippen molar-refractivity contribution in [2.75, 3.05) is 11.3 Å². The first-order valence-electron chi connectivity index (χ1n) is 7.93. The predicted octanol–water partition coefficient (Wildman–Crippen LogP) is 2.06. The lowest BCUT2D eigenvalue weighted by molar-refractivity contribution is 0.0954. The summed E-state index contributed by atoms with van der Waals surface area (Å²) in [5, 5.41) is 2.71. The van der Waals surface area contributed by atoms with Crippen LogP contribution in [0.1, 0.15) is 23.7 Å². The molecule has 0 radical (unpaired) electrons. The van der Waals surface area contributed by atoms with E-state index >= 15 is 0 Å². The van der Waals surface area contributed by atoms with Crippen molar-refractivity contribution in [1.29, 1.82) is 0 Å². The highest BCUT2D eigenvalue weighted by Crippen LogP contribution is 2.22. The molecule has 1 heterocycles. The number of anilines is 1. The number of sulfonamides is 1. The van der Waals surface area contributed by atoms with Gasteiger partial charge >= 0.3 is 5.76 Å². The van der Waals surface area contributed by atoms with Crippen molar-refractivity contribution in [3.05, 3.63) is 58.6 Å². The zero-order valence-corrected chi connectivity index (χ0v) is 14.7. The van der Waals surface area contributed by atoms with Gasteiger partial charge in [0, 0.05) is 12.6 Å². The molecule has 0 bridgehead atoms. The molecule has 26 heavy (non-hydrogen) atoms. The molecule has 3 aromatic rings. The molecule has 3 N–H and O–H groups in total. The van der Waals surface area contributed by atoms with E-state index in [1.54, 1.807) is 12.1 Å². The van der Waals surface area contributed by atoms with Crippen LogP contribution >= 0.6 is 0 Å². The molecule has 0 aliphatic carbocycles. The highest BCUT2D eigenvalue weighted by Gasteiger charge is 2.19. The molecule has 0 atom stereocenters. The summed E-state index contributed by atoms with van der Waals surface area (Å²) in [4.78, 5) is 25.8. The minimum absolute atomic E-state index is 0.0866. The third-order valence-corrected chi connectivity index (χ3v) is 5.02. The normalized spacial score (nSPS) is 11.4. The fourth-order valence-electron chi connectivity index (χ4n) is 2.40. The SMILES string of the molecule is CCCNC(=O)c1ccccc1NS(=O)(=O)c1ccc2[nH]c(=O)oc2c1. The number of rotatable bonds is 6. The summed E-state index contributed by atoms with van der Waals surface area (Å²) in [6.07, 6.45) is 0.765. The topological polar surface area (TPSA) is 121 Å². The molecule has 8 nitrogen and oxygen atoms in total. The van der Waals surface area contributed by atoms with Crippen LogP contribution in [0.3, 0.4) is 0 Å². The molecule has 0 saturated heterocycles. The Morgan fingerprint density at radius 2 is 1.96 bits per heavy atom. The third kappa shape index (κ3) is 3.62. The third-order valence-electron chi connectivity index (χ3n) is 3.65. The van der Waals surface area contributed by atoms with E-state index in [1.807, 2.05) is 6.92 Å². The molecular formula is C17H17N3O5S. The van der Waals surface area contributed by atoms with Crippen LogP contribution in [0.2, 0.25) is 0 Å². The molecule has 0 unspecified atom stereocenters. The van der Waals surface area contributed by atoms with Gasteiger partial charge in [0.15, 0.2) is 5.58 Å². The largest absolute Gasteiger partial charge is 0.417 e. The Morgan fingerprint density at radius 3 is 2.73 bits per heavy atom. The second-order valence-corrected chi connectivity index (χ2v) is 7.26. The molecule has 0 aliphatic heterocycles. The Kier molecular flexibility index (Phi) is 4.81. The lowest BCUT2D eigenvalue weighted by Gasteiger charge is -2.12. The number of aromatic nitrogens is 1. The van der Waals surface area contributed by atoms with E-state index in [2.05, 4.69) is 15.0 Å². The van der Waals surface area contributed by atoms with Crippen molar-refractivity contribution in [2.24, 2.45) is 0 Å². The van der Waals surface area contributed by atoms with Crippen molar-refractivity contribution >= 4 is 32.7 Å². The van der Waals surface area contributed by atoms with Gasteiger partial charge in [-0.3, -0.25) is 14.5 Å². The van der Waals surface area contributed by atoms with Crippen LogP contribution in [0.25, 0.3) is 11.1 Å². The van der Waals surface area contributed by atoms with Crippen LogP contribution < -0.4 is 15.8 Å². The van der Waals surface area contributed by atoms with Gasteiger partial charge in [-0.15, -0.1) is 0 Å². The summed E-state index contributed by atoms with van der Waals surface area (Å²) >= 11 is 0. The van der Waals surface area contributed by atoms with Gasteiger partial charge in [0.05, 0.1) is 21.7 Å². The summed E-state index contributed by atoms with van der Waals surface area (Å²) < 4.78 is 32.6. The Morgan fingerprint density at radius 1 is 1.19 bits per heavy atom. The standard InChI is InChI=1S/C17H17N3O5S/c1-2-9-18-16(21)12-5-3-4-6-13(12)20-26(23,24)11-7-8-14-15(10-11)25-17(22)19-14/h3-8,10,20H,2,9H2,1H3,(H,18,21)(H,19,22). The number of oxazole rings is 1. The number of fused-ring (bicyclic) bond motifs is 1. The quantitative estimate of drug-likeness (QED) is 0.609. The highest BCUT2D eigenvalue weighted by molar-refractivity contribution is 7.92. The van der Waals surface area contributed by atoms with E-state index in [0.29, 0.717) is 12.1 Å². The lowest BCUT2D eigenvalue weighted by Crippen LogP contribution is -2.25. The van der Waals surface area contributed by atoms with Crippen molar-refractivity contribution in [2.45, 2.75) is 18.2 Å². The number of amides is 1. The molecule has 0 saturated carbocycles. The van der Waals surface area contributed by atoms with Crippen LogP contribution in [0.5, 0.6) is 0 Å². The summed E-state index contributed by atoms with van der Waals surface area (Å²) in [7, 11) is -3.98. The Balaban J connectivity index is 1.94. The van der Waals surface area contributed by atoms with E-state index in [1.165, 1.54) is 30.3 Å². The van der Waals surface area contributed by atoms with Gasteiger partial charge in [-0.05, 0) is 30.7 Å². The Bertz CT molecular complexity index is 1110. The zero-order chi connectivity index (χ0) is 18.7.